The number of hydrogen-bond donors (Lipinski definition) is 0. The topological polar surface area (TPSA) is 39.2 Å². The highest BCUT2D eigenvalue weighted by Crippen LogP contribution is 2.27. The Labute approximate surface area is 139 Å². The van der Waals surface area contributed by atoms with E-state index in [-0.39, 0.29) is 5.97 Å². The molecule has 0 atom stereocenters. The van der Waals surface area contributed by atoms with Crippen LogP contribution in [0.15, 0.2) is 60.0 Å². The number of benzene rings is 2. The molecule has 0 spiro atoms. The van der Waals surface area contributed by atoms with Crippen LogP contribution in [0.1, 0.15) is 12.1 Å². The highest BCUT2D eigenvalue weighted by Gasteiger charge is 2.08. The maximum atomic E-state index is 11.2. The van der Waals surface area contributed by atoms with Gasteiger partial charge in [-0.15, -0.1) is 11.3 Å². The molecule has 0 fully saturated rings. The molecule has 0 unspecified atom stereocenters. The van der Waals surface area contributed by atoms with Crippen LogP contribution >= 0.6 is 11.3 Å². The second kappa shape index (κ2) is 7.20. The van der Waals surface area contributed by atoms with Crippen LogP contribution in [-0.4, -0.2) is 18.1 Å². The molecular formula is C19H17NO2S. The number of ether oxygens (including phenoxy) is 1. The number of rotatable bonds is 5. The van der Waals surface area contributed by atoms with Gasteiger partial charge in [0.2, 0.25) is 0 Å². The molecule has 1 heterocycles. The molecule has 0 radical (unpaired) electrons. The summed E-state index contributed by atoms with van der Waals surface area (Å²) in [6, 6.07) is 18.7. The largest absolute Gasteiger partial charge is 0.469 e. The van der Waals surface area contributed by atoms with Crippen LogP contribution in [0.3, 0.4) is 0 Å². The molecule has 23 heavy (non-hydrogen) atoms. The van der Waals surface area contributed by atoms with E-state index in [0.29, 0.717) is 12.8 Å². The molecule has 0 N–H and O–H groups in total. The van der Waals surface area contributed by atoms with Crippen molar-refractivity contribution in [2.24, 2.45) is 0 Å². The van der Waals surface area contributed by atoms with Crippen molar-refractivity contribution in [3.8, 4) is 21.7 Å². The van der Waals surface area contributed by atoms with Gasteiger partial charge in [-0.05, 0) is 11.1 Å². The summed E-state index contributed by atoms with van der Waals surface area (Å²) in [7, 11) is 1.41. The quantitative estimate of drug-likeness (QED) is 0.645. The summed E-state index contributed by atoms with van der Waals surface area (Å²) in [5, 5.41) is 2.98. The number of carbonyl (C=O) groups excluding carboxylic acids is 1. The first kappa shape index (κ1) is 15.4. The lowest BCUT2D eigenvalue weighted by Crippen LogP contribution is -2.01. The molecule has 1 aromatic heterocycles. The average Bonchev–Trinajstić information content (AvgIpc) is 3.09. The fraction of sp³-hybridized carbons (Fsp3) is 0.158. The number of esters is 1. The van der Waals surface area contributed by atoms with Gasteiger partial charge in [0.25, 0.3) is 0 Å². The zero-order valence-corrected chi connectivity index (χ0v) is 13.7. The molecule has 4 heteroatoms. The Hall–Kier alpha value is -2.46. The van der Waals surface area contributed by atoms with Crippen molar-refractivity contribution in [1.82, 2.24) is 4.98 Å². The van der Waals surface area contributed by atoms with Crippen molar-refractivity contribution in [1.29, 1.82) is 0 Å². The number of methoxy groups -OCH3 is 1. The van der Waals surface area contributed by atoms with Crippen LogP contribution in [-0.2, 0) is 16.0 Å². The third-order valence-electron chi connectivity index (χ3n) is 3.60. The van der Waals surface area contributed by atoms with E-state index in [4.69, 9.17) is 0 Å². The van der Waals surface area contributed by atoms with E-state index in [2.05, 4.69) is 46.1 Å². The van der Waals surface area contributed by atoms with Crippen LogP contribution < -0.4 is 0 Å². The van der Waals surface area contributed by atoms with Crippen molar-refractivity contribution in [2.45, 2.75) is 12.8 Å². The first-order valence-corrected chi connectivity index (χ1v) is 8.31. The lowest BCUT2D eigenvalue weighted by Gasteiger charge is -2.02. The molecule has 116 valence electrons. The minimum Gasteiger partial charge on any atom is -0.469 e. The molecule has 0 aliphatic heterocycles. The molecular weight excluding hydrogens is 306 g/mol. The van der Waals surface area contributed by atoms with Gasteiger partial charge in [0.15, 0.2) is 0 Å². The summed E-state index contributed by atoms with van der Waals surface area (Å²) in [5.74, 6) is -0.202. The van der Waals surface area contributed by atoms with Gasteiger partial charge in [0, 0.05) is 17.4 Å². The number of aromatic nitrogens is 1. The predicted octanol–water partition coefficient (Wildman–Crippen LogP) is 4.58. The van der Waals surface area contributed by atoms with E-state index < -0.39 is 0 Å². The molecule has 0 amide bonds. The third-order valence-corrected chi connectivity index (χ3v) is 4.54. The Morgan fingerprint density at radius 1 is 1.00 bits per heavy atom. The summed E-state index contributed by atoms with van der Waals surface area (Å²) < 4.78 is 4.66. The van der Waals surface area contributed by atoms with Gasteiger partial charge in [0.1, 0.15) is 5.01 Å². The maximum absolute atomic E-state index is 11.2. The van der Waals surface area contributed by atoms with Gasteiger partial charge < -0.3 is 4.74 Å². The lowest BCUT2D eigenvalue weighted by molar-refractivity contribution is -0.140. The molecule has 3 rings (SSSR count). The normalized spacial score (nSPS) is 10.5. The molecule has 0 saturated carbocycles. The van der Waals surface area contributed by atoms with E-state index >= 15 is 0 Å². The van der Waals surface area contributed by atoms with E-state index in [1.807, 2.05) is 23.6 Å². The lowest BCUT2D eigenvalue weighted by atomic mass is 10.0. The Kier molecular flexibility index (Phi) is 4.83. The van der Waals surface area contributed by atoms with E-state index in [0.717, 1.165) is 16.3 Å². The summed E-state index contributed by atoms with van der Waals surface area (Å²) in [4.78, 5) is 15.8. The van der Waals surface area contributed by atoms with Crippen LogP contribution in [0, 0.1) is 0 Å². The van der Waals surface area contributed by atoms with E-state index in [1.165, 1.54) is 18.2 Å². The van der Waals surface area contributed by atoms with Gasteiger partial charge in [-0.25, -0.2) is 4.98 Å². The second-order valence-corrected chi connectivity index (χ2v) is 6.02. The molecule has 3 aromatic rings. The summed E-state index contributed by atoms with van der Waals surface area (Å²) in [6.45, 7) is 0. The smallest absolute Gasteiger partial charge is 0.305 e. The first-order chi connectivity index (χ1) is 11.3. The van der Waals surface area contributed by atoms with Gasteiger partial charge in [-0.3, -0.25) is 4.79 Å². The fourth-order valence-corrected chi connectivity index (χ4v) is 3.18. The summed E-state index contributed by atoms with van der Waals surface area (Å²) in [5.41, 5.74) is 4.43. The van der Waals surface area contributed by atoms with Crippen molar-refractivity contribution < 1.29 is 9.53 Å². The van der Waals surface area contributed by atoms with E-state index in [1.54, 1.807) is 11.3 Å². The SMILES string of the molecule is COC(=O)CCc1csc(-c2ccc(-c3ccccc3)cc2)n1. The van der Waals surface area contributed by atoms with Crippen molar-refractivity contribution >= 4 is 17.3 Å². The van der Waals surface area contributed by atoms with Gasteiger partial charge in [0.05, 0.1) is 19.2 Å². The summed E-state index contributed by atoms with van der Waals surface area (Å²) in [6.07, 6.45) is 0.984. The number of thiazole rings is 1. The zero-order valence-electron chi connectivity index (χ0n) is 12.9. The minimum atomic E-state index is -0.202. The Balaban J connectivity index is 1.73. The number of hydrogen-bond acceptors (Lipinski definition) is 4. The third kappa shape index (κ3) is 3.85. The van der Waals surface area contributed by atoms with Crippen LogP contribution in [0.5, 0.6) is 0 Å². The molecule has 0 bridgehead atoms. The highest BCUT2D eigenvalue weighted by molar-refractivity contribution is 7.13. The second-order valence-electron chi connectivity index (χ2n) is 5.16. The molecule has 0 saturated heterocycles. The van der Waals surface area contributed by atoms with E-state index in [9.17, 15) is 4.79 Å². The highest BCUT2D eigenvalue weighted by atomic mass is 32.1. The Morgan fingerprint density at radius 2 is 1.65 bits per heavy atom. The Bertz CT molecular complexity index is 779. The van der Waals surface area contributed by atoms with Crippen molar-refractivity contribution in [3.05, 3.63) is 65.7 Å². The Morgan fingerprint density at radius 3 is 2.35 bits per heavy atom. The van der Waals surface area contributed by atoms with Gasteiger partial charge in [-0.1, -0.05) is 54.6 Å². The van der Waals surface area contributed by atoms with Crippen molar-refractivity contribution in [2.75, 3.05) is 7.11 Å². The molecule has 2 aromatic carbocycles. The van der Waals surface area contributed by atoms with Gasteiger partial charge in [-0.2, -0.15) is 0 Å². The first-order valence-electron chi connectivity index (χ1n) is 7.43. The van der Waals surface area contributed by atoms with Gasteiger partial charge >= 0.3 is 5.97 Å². The van der Waals surface area contributed by atoms with Crippen molar-refractivity contribution in [3.63, 3.8) is 0 Å². The minimum absolute atomic E-state index is 0.202. The molecule has 0 aliphatic rings. The molecule has 3 nitrogen and oxygen atoms in total. The summed E-state index contributed by atoms with van der Waals surface area (Å²) >= 11 is 1.60. The molecule has 0 aliphatic carbocycles. The average molecular weight is 323 g/mol. The maximum Gasteiger partial charge on any atom is 0.305 e. The number of aryl methyl sites for hydroxylation is 1. The number of carbonyl (C=O) groups is 1. The zero-order chi connectivity index (χ0) is 16.1. The monoisotopic (exact) mass is 323 g/mol. The predicted molar refractivity (Wildman–Crippen MR) is 93.3 cm³/mol. The fourth-order valence-electron chi connectivity index (χ4n) is 2.32. The van der Waals surface area contributed by atoms with Crippen LogP contribution in [0.2, 0.25) is 0 Å². The van der Waals surface area contributed by atoms with Crippen LogP contribution in [0.25, 0.3) is 21.7 Å². The van der Waals surface area contributed by atoms with Crippen LogP contribution in [0.4, 0.5) is 0 Å². The standard InChI is InChI=1S/C19H17NO2S/c1-22-18(21)12-11-17-13-23-19(20-17)16-9-7-15(8-10-16)14-5-3-2-4-6-14/h2-10,13H,11-12H2,1H3. The number of nitrogens with zero attached hydrogens (tertiary/aromatic N) is 1.